The molecule has 2 saturated carbocycles. The zero-order chi connectivity index (χ0) is 18.1. The van der Waals surface area contributed by atoms with Crippen LogP contribution in [0, 0.1) is 5.92 Å². The van der Waals surface area contributed by atoms with E-state index in [2.05, 4.69) is 10.3 Å². The molecule has 0 radical (unpaired) electrons. The van der Waals surface area contributed by atoms with Crippen molar-refractivity contribution in [1.29, 1.82) is 0 Å². The maximum atomic E-state index is 12.2. The summed E-state index contributed by atoms with van der Waals surface area (Å²) in [5.41, 5.74) is 0.781. The minimum absolute atomic E-state index is 0.118. The van der Waals surface area contributed by atoms with Gasteiger partial charge in [-0.1, -0.05) is 25.7 Å². The molecule has 7 heteroatoms. The SMILES string of the molecule is FC1(F)CCCCC1.NSc1cc(NC(=O)C2CCCCC2)ccn1. The fourth-order valence-corrected chi connectivity index (χ4v) is 3.55. The molecule has 0 spiro atoms. The second-order valence-electron chi connectivity index (χ2n) is 6.74. The van der Waals surface area contributed by atoms with Crippen molar-refractivity contribution in [1.82, 2.24) is 4.98 Å². The molecule has 1 aromatic heterocycles. The molecule has 0 aromatic carbocycles. The van der Waals surface area contributed by atoms with E-state index in [4.69, 9.17) is 5.14 Å². The largest absolute Gasteiger partial charge is 0.326 e. The van der Waals surface area contributed by atoms with Crippen LogP contribution in [-0.4, -0.2) is 16.8 Å². The van der Waals surface area contributed by atoms with Crippen molar-refractivity contribution < 1.29 is 13.6 Å². The van der Waals surface area contributed by atoms with Crippen molar-refractivity contribution in [3.05, 3.63) is 18.3 Å². The van der Waals surface area contributed by atoms with E-state index in [-0.39, 0.29) is 24.7 Å². The minimum Gasteiger partial charge on any atom is -0.326 e. The number of nitrogens with zero attached hydrogens (tertiary/aromatic N) is 1. The van der Waals surface area contributed by atoms with Crippen molar-refractivity contribution in [2.45, 2.75) is 75.2 Å². The first kappa shape index (κ1) is 20.1. The molecular formula is C18H27F2N3OS. The number of hydrogen-bond acceptors (Lipinski definition) is 4. The molecule has 4 nitrogen and oxygen atoms in total. The highest BCUT2D eigenvalue weighted by Crippen LogP contribution is 2.32. The molecule has 1 amide bonds. The molecule has 1 heterocycles. The molecule has 25 heavy (non-hydrogen) atoms. The van der Waals surface area contributed by atoms with Crippen molar-refractivity contribution in [3.8, 4) is 0 Å². The van der Waals surface area contributed by atoms with Crippen LogP contribution in [0.5, 0.6) is 0 Å². The second-order valence-corrected chi connectivity index (χ2v) is 7.40. The third-order valence-electron chi connectivity index (χ3n) is 4.68. The molecular weight excluding hydrogens is 344 g/mol. The summed E-state index contributed by atoms with van der Waals surface area (Å²) in [6, 6.07) is 3.59. The van der Waals surface area contributed by atoms with Gasteiger partial charge in [0.2, 0.25) is 11.8 Å². The summed E-state index contributed by atoms with van der Waals surface area (Å²) in [5, 5.41) is 9.09. The Morgan fingerprint density at radius 2 is 1.80 bits per heavy atom. The summed E-state index contributed by atoms with van der Waals surface area (Å²) in [6.07, 6.45) is 9.93. The van der Waals surface area contributed by atoms with Crippen molar-refractivity contribution in [2.75, 3.05) is 5.32 Å². The van der Waals surface area contributed by atoms with Gasteiger partial charge in [-0.15, -0.1) is 0 Å². The van der Waals surface area contributed by atoms with Crippen molar-refractivity contribution >= 4 is 23.5 Å². The lowest BCUT2D eigenvalue weighted by molar-refractivity contribution is -0.120. The molecule has 2 fully saturated rings. The van der Waals surface area contributed by atoms with E-state index in [1.54, 1.807) is 18.3 Å². The van der Waals surface area contributed by atoms with Crippen LogP contribution >= 0.6 is 11.9 Å². The van der Waals surface area contributed by atoms with Crippen LogP contribution in [-0.2, 0) is 4.79 Å². The first-order valence-corrected chi connectivity index (χ1v) is 9.90. The van der Waals surface area contributed by atoms with Crippen LogP contribution in [0.4, 0.5) is 14.5 Å². The number of aromatic nitrogens is 1. The Kier molecular flexibility index (Phi) is 8.09. The van der Waals surface area contributed by atoms with Gasteiger partial charge in [-0.2, -0.15) is 0 Å². The summed E-state index contributed by atoms with van der Waals surface area (Å²) in [5.74, 6) is -2.02. The molecule has 0 atom stereocenters. The number of pyridine rings is 1. The van der Waals surface area contributed by atoms with Crippen molar-refractivity contribution in [3.63, 3.8) is 0 Å². The molecule has 2 aliphatic rings. The van der Waals surface area contributed by atoms with Crippen LogP contribution in [0.1, 0.15) is 64.2 Å². The van der Waals surface area contributed by atoms with E-state index < -0.39 is 5.92 Å². The van der Waals surface area contributed by atoms with Gasteiger partial charge in [-0.05, 0) is 49.8 Å². The second kappa shape index (κ2) is 10.1. The van der Waals surface area contributed by atoms with E-state index in [1.807, 2.05) is 0 Å². The quantitative estimate of drug-likeness (QED) is 0.721. The summed E-state index contributed by atoms with van der Waals surface area (Å²) in [7, 11) is 0. The molecule has 0 aliphatic heterocycles. The predicted molar refractivity (Wildman–Crippen MR) is 97.5 cm³/mol. The lowest BCUT2D eigenvalue weighted by atomic mass is 9.88. The zero-order valence-corrected chi connectivity index (χ0v) is 15.3. The van der Waals surface area contributed by atoms with Gasteiger partial charge in [-0.3, -0.25) is 9.93 Å². The lowest BCUT2D eigenvalue weighted by Crippen LogP contribution is -2.24. The van der Waals surface area contributed by atoms with Crippen molar-refractivity contribution in [2.24, 2.45) is 11.1 Å². The summed E-state index contributed by atoms with van der Waals surface area (Å²) in [4.78, 5) is 16.1. The molecule has 3 rings (SSSR count). The molecule has 0 unspecified atom stereocenters. The van der Waals surface area contributed by atoms with Gasteiger partial charge in [0.05, 0.1) is 0 Å². The number of carbonyl (C=O) groups excluding carboxylic acids is 1. The molecule has 1 aromatic rings. The Morgan fingerprint density at radius 1 is 1.16 bits per heavy atom. The smallest absolute Gasteiger partial charge is 0.248 e. The Hall–Kier alpha value is -1.21. The number of carbonyl (C=O) groups is 1. The molecule has 0 saturated heterocycles. The highest BCUT2D eigenvalue weighted by atomic mass is 32.2. The van der Waals surface area contributed by atoms with Crippen LogP contribution in [0.15, 0.2) is 23.4 Å². The average Bonchev–Trinajstić information content (AvgIpc) is 2.63. The van der Waals surface area contributed by atoms with E-state index >= 15 is 0 Å². The molecule has 3 N–H and O–H groups in total. The Balaban J connectivity index is 0.000000236. The molecule has 2 aliphatic carbocycles. The van der Waals surface area contributed by atoms with Gasteiger partial charge in [0.1, 0.15) is 5.03 Å². The average molecular weight is 371 g/mol. The predicted octanol–water partition coefficient (Wildman–Crippen LogP) is 5.15. The number of amides is 1. The third kappa shape index (κ3) is 7.28. The highest BCUT2D eigenvalue weighted by Gasteiger charge is 2.30. The summed E-state index contributed by atoms with van der Waals surface area (Å²) in [6.45, 7) is 0. The normalized spacial score (nSPS) is 20.3. The Bertz CT molecular complexity index is 543. The number of anilines is 1. The van der Waals surface area contributed by atoms with Crippen LogP contribution in [0.3, 0.4) is 0 Å². The van der Waals surface area contributed by atoms with Gasteiger partial charge in [0.15, 0.2) is 0 Å². The summed E-state index contributed by atoms with van der Waals surface area (Å²) >= 11 is 1.08. The fourth-order valence-electron chi connectivity index (χ4n) is 3.23. The van der Waals surface area contributed by atoms with E-state index in [0.717, 1.165) is 36.9 Å². The van der Waals surface area contributed by atoms with Crippen LogP contribution in [0.25, 0.3) is 0 Å². The molecule has 0 bridgehead atoms. The number of hydrogen-bond donors (Lipinski definition) is 2. The van der Waals surface area contributed by atoms with Gasteiger partial charge in [-0.25, -0.2) is 13.8 Å². The molecule has 140 valence electrons. The van der Waals surface area contributed by atoms with E-state index in [1.165, 1.54) is 19.3 Å². The van der Waals surface area contributed by atoms with Gasteiger partial charge >= 0.3 is 0 Å². The Labute approximate surface area is 152 Å². The van der Waals surface area contributed by atoms with Crippen LogP contribution in [0.2, 0.25) is 0 Å². The first-order chi connectivity index (χ1) is 12.0. The maximum absolute atomic E-state index is 12.2. The Morgan fingerprint density at radius 3 is 2.36 bits per heavy atom. The van der Waals surface area contributed by atoms with Crippen LogP contribution < -0.4 is 10.5 Å². The van der Waals surface area contributed by atoms with Gasteiger partial charge < -0.3 is 5.32 Å². The standard InChI is InChI=1S/C12H17N3OS.C6H10F2/c13-17-11-8-10(6-7-14-11)15-12(16)9-4-2-1-3-5-9;7-6(8)4-2-1-3-5-6/h6-9H,1-5,13H2,(H,14,15,16);1-5H2. The number of nitrogens with one attached hydrogen (secondary N) is 1. The van der Waals surface area contributed by atoms with Gasteiger partial charge in [0.25, 0.3) is 0 Å². The van der Waals surface area contributed by atoms with Gasteiger partial charge in [0, 0.05) is 30.6 Å². The number of rotatable bonds is 3. The van der Waals surface area contributed by atoms with E-state index in [0.29, 0.717) is 17.9 Å². The minimum atomic E-state index is -2.32. The number of halogens is 2. The fraction of sp³-hybridized carbons (Fsp3) is 0.667. The lowest BCUT2D eigenvalue weighted by Gasteiger charge is -2.20. The summed E-state index contributed by atoms with van der Waals surface area (Å²) < 4.78 is 24.4. The third-order valence-corrected chi connectivity index (χ3v) is 5.15. The number of alkyl halides is 2. The zero-order valence-electron chi connectivity index (χ0n) is 14.5. The topological polar surface area (TPSA) is 68.0 Å². The maximum Gasteiger partial charge on any atom is 0.248 e. The van der Waals surface area contributed by atoms with E-state index in [9.17, 15) is 13.6 Å². The first-order valence-electron chi connectivity index (χ1n) is 9.02. The highest BCUT2D eigenvalue weighted by molar-refractivity contribution is 7.97. The monoisotopic (exact) mass is 371 g/mol. The number of nitrogens with two attached hydrogens (primary N) is 1.